The van der Waals surface area contributed by atoms with Crippen LogP contribution in [-0.4, -0.2) is 110 Å². The molecular formula is C32H44ClN7O3. The number of fused-ring (bicyclic) bond motifs is 2. The second kappa shape index (κ2) is 12.5. The molecule has 4 fully saturated rings. The van der Waals surface area contributed by atoms with Gasteiger partial charge in [0.1, 0.15) is 0 Å². The van der Waals surface area contributed by atoms with E-state index in [0.29, 0.717) is 50.3 Å². The predicted octanol–water partition coefficient (Wildman–Crippen LogP) is 2.19. The number of anilines is 1. The van der Waals surface area contributed by atoms with E-state index in [0.717, 1.165) is 43.5 Å². The lowest BCUT2D eigenvalue weighted by Gasteiger charge is -2.56. The lowest BCUT2D eigenvalue weighted by atomic mass is 9.61. The number of rotatable bonds is 6. The van der Waals surface area contributed by atoms with Crippen molar-refractivity contribution in [1.82, 2.24) is 25.3 Å². The third-order valence-electron chi connectivity index (χ3n) is 10.6. The largest absolute Gasteiger partial charge is 0.373 e. The van der Waals surface area contributed by atoms with Gasteiger partial charge in [0.2, 0.25) is 5.91 Å². The summed E-state index contributed by atoms with van der Waals surface area (Å²) in [5.74, 6) is 0.107. The number of nitrogens with zero attached hydrogens (tertiary/aromatic N) is 5. The molecule has 4 heterocycles. The first-order valence-corrected chi connectivity index (χ1v) is 16.0. The number of carbonyl (C=O) groups is 2. The minimum Gasteiger partial charge on any atom is -0.373 e. The van der Waals surface area contributed by atoms with Crippen molar-refractivity contribution < 1.29 is 14.3 Å². The molecule has 232 valence electrons. The molecule has 2 N–H and O–H groups in total. The number of hydrogen-bond acceptors (Lipinski definition) is 9. The van der Waals surface area contributed by atoms with E-state index < -0.39 is 11.8 Å². The van der Waals surface area contributed by atoms with Crippen LogP contribution in [0.5, 0.6) is 0 Å². The van der Waals surface area contributed by atoms with Gasteiger partial charge in [-0.05, 0) is 69.5 Å². The van der Waals surface area contributed by atoms with Crippen molar-refractivity contribution in [3.63, 3.8) is 0 Å². The Morgan fingerprint density at radius 3 is 2.81 bits per heavy atom. The van der Waals surface area contributed by atoms with E-state index in [1.54, 1.807) is 4.90 Å². The summed E-state index contributed by atoms with van der Waals surface area (Å²) in [6, 6.07) is 7.98. The number of nitriles is 1. The number of amides is 1. The quantitative estimate of drug-likeness (QED) is 0.470. The van der Waals surface area contributed by atoms with Gasteiger partial charge in [0.25, 0.3) is 0 Å². The summed E-state index contributed by atoms with van der Waals surface area (Å²) >= 11 is 6.69. The molecule has 0 aromatic heterocycles. The van der Waals surface area contributed by atoms with Gasteiger partial charge in [0, 0.05) is 55.9 Å². The van der Waals surface area contributed by atoms with Gasteiger partial charge >= 0.3 is 0 Å². The van der Waals surface area contributed by atoms with Crippen molar-refractivity contribution in [2.24, 2.45) is 11.3 Å². The fraction of sp³-hybridized carbons (Fsp3) is 0.656. The second-order valence-corrected chi connectivity index (χ2v) is 13.5. The molecule has 1 aromatic rings. The third kappa shape index (κ3) is 5.72. The third-order valence-corrected chi connectivity index (χ3v) is 11.0. The molecule has 0 radical (unpaired) electrons. The van der Waals surface area contributed by atoms with Crippen molar-refractivity contribution in [2.45, 2.75) is 69.2 Å². The van der Waals surface area contributed by atoms with Gasteiger partial charge in [-0.3, -0.25) is 25.1 Å². The molecule has 1 amide bonds. The Bertz CT molecular complexity index is 1290. The van der Waals surface area contributed by atoms with Crippen molar-refractivity contribution in [1.29, 1.82) is 5.26 Å². The van der Waals surface area contributed by atoms with Gasteiger partial charge in [-0.15, -0.1) is 0 Å². The van der Waals surface area contributed by atoms with Gasteiger partial charge in [-0.1, -0.05) is 24.2 Å². The summed E-state index contributed by atoms with van der Waals surface area (Å²) in [5.41, 5.74) is 1.62. The zero-order chi connectivity index (χ0) is 30.3. The van der Waals surface area contributed by atoms with E-state index in [1.165, 1.54) is 6.08 Å². The molecule has 5 aliphatic rings. The number of hydrogen-bond donors (Lipinski definition) is 2. The minimum absolute atomic E-state index is 0.0227. The molecule has 3 saturated heterocycles. The highest BCUT2D eigenvalue weighted by atomic mass is 35.5. The van der Waals surface area contributed by atoms with E-state index >= 15 is 0 Å². The van der Waals surface area contributed by atoms with Crippen molar-refractivity contribution >= 4 is 29.0 Å². The normalized spacial score (nSPS) is 35.0. The number of ketones is 1. The van der Waals surface area contributed by atoms with E-state index in [2.05, 4.69) is 58.1 Å². The summed E-state index contributed by atoms with van der Waals surface area (Å²) in [4.78, 5) is 35.9. The molecule has 6 rings (SSSR count). The fourth-order valence-electron chi connectivity index (χ4n) is 8.32. The Morgan fingerprint density at radius 1 is 1.23 bits per heavy atom. The highest BCUT2D eigenvalue weighted by Gasteiger charge is 2.56. The number of likely N-dealkylation sites (tertiary alicyclic amines) is 1. The molecule has 6 unspecified atom stereocenters. The van der Waals surface area contributed by atoms with E-state index in [9.17, 15) is 14.9 Å². The SMILES string of the molecule is C=CC(=O)N1CCN(C2NC(OCC3CCCN3C)NC3C(=O)[C@]4(CCC32)Cc2c(Cl)cccc2N(C)C4)CC1CC#N. The zero-order valence-electron chi connectivity index (χ0n) is 25.3. The van der Waals surface area contributed by atoms with Crippen LogP contribution in [0.15, 0.2) is 30.9 Å². The van der Waals surface area contributed by atoms with E-state index in [4.69, 9.17) is 16.3 Å². The number of Topliss-reactive ketones (excluding diaryl/α,β-unsaturated/α-hetero) is 1. The molecular weight excluding hydrogens is 566 g/mol. The number of halogens is 1. The highest BCUT2D eigenvalue weighted by molar-refractivity contribution is 6.31. The first kappa shape index (κ1) is 30.5. The summed E-state index contributed by atoms with van der Waals surface area (Å²) in [6.07, 6.45) is 5.50. The average Bonchev–Trinajstić information content (AvgIpc) is 3.42. The van der Waals surface area contributed by atoms with Crippen LogP contribution in [0.2, 0.25) is 5.02 Å². The zero-order valence-corrected chi connectivity index (χ0v) is 26.1. The molecule has 1 aliphatic carbocycles. The molecule has 4 aliphatic heterocycles. The Balaban J connectivity index is 1.26. The van der Waals surface area contributed by atoms with Crippen LogP contribution < -0.4 is 15.5 Å². The molecule has 7 atom stereocenters. The standard InChI is InChI=1S/C32H44ClN7O3/c1-4-27(41)40-16-15-39(18-21(40)11-13-34)30-23-10-12-32(17-24-25(33)8-5-9-26(24)38(3)20-32)29(42)28(23)35-31(36-30)43-19-22-7-6-14-37(22)2/h4-5,8-9,21-23,28,30-31,35-36H,1,6-7,10-12,14-20H2,2-3H3/t21?,22?,23?,28?,30?,31?,32-/m1/s1. The number of piperazine rings is 1. The maximum Gasteiger partial charge on any atom is 0.246 e. The molecule has 1 saturated carbocycles. The first-order chi connectivity index (χ1) is 20.7. The molecule has 11 heteroatoms. The van der Waals surface area contributed by atoms with Crippen LogP contribution in [0.3, 0.4) is 0 Å². The molecule has 43 heavy (non-hydrogen) atoms. The Hall–Kier alpha value is -2.52. The Morgan fingerprint density at radius 2 is 2.07 bits per heavy atom. The topological polar surface area (TPSA) is 104 Å². The van der Waals surface area contributed by atoms with Crippen molar-refractivity contribution in [3.05, 3.63) is 41.4 Å². The Kier molecular flexibility index (Phi) is 8.84. The summed E-state index contributed by atoms with van der Waals surface area (Å²) < 4.78 is 6.47. The van der Waals surface area contributed by atoms with Crippen LogP contribution in [0.4, 0.5) is 5.69 Å². The van der Waals surface area contributed by atoms with Crippen LogP contribution in [0.1, 0.15) is 37.7 Å². The van der Waals surface area contributed by atoms with Gasteiger partial charge in [0.05, 0.1) is 42.8 Å². The Labute approximate surface area is 259 Å². The fourth-order valence-corrected chi connectivity index (χ4v) is 8.56. The maximum absolute atomic E-state index is 14.7. The van der Waals surface area contributed by atoms with Crippen LogP contribution in [0.25, 0.3) is 0 Å². The number of likely N-dealkylation sites (N-methyl/N-ethyl adjacent to an activating group) is 1. The second-order valence-electron chi connectivity index (χ2n) is 13.1. The molecule has 1 spiro atoms. The average molecular weight is 610 g/mol. The predicted molar refractivity (Wildman–Crippen MR) is 165 cm³/mol. The lowest BCUT2D eigenvalue weighted by molar-refractivity contribution is -0.152. The number of carbonyl (C=O) groups excluding carboxylic acids is 2. The molecule has 0 bridgehead atoms. The van der Waals surface area contributed by atoms with Crippen LogP contribution in [-0.2, 0) is 20.7 Å². The van der Waals surface area contributed by atoms with Crippen LogP contribution >= 0.6 is 11.6 Å². The minimum atomic E-state index is -0.530. The van der Waals surface area contributed by atoms with E-state index in [1.807, 2.05) is 12.1 Å². The van der Waals surface area contributed by atoms with Gasteiger partial charge < -0.3 is 19.4 Å². The van der Waals surface area contributed by atoms with Crippen LogP contribution in [0, 0.1) is 22.7 Å². The maximum atomic E-state index is 14.7. The summed E-state index contributed by atoms with van der Waals surface area (Å²) in [5, 5.41) is 17.6. The monoisotopic (exact) mass is 609 g/mol. The van der Waals surface area contributed by atoms with Crippen molar-refractivity contribution in [2.75, 3.05) is 58.3 Å². The van der Waals surface area contributed by atoms with Crippen molar-refractivity contribution in [3.8, 4) is 6.07 Å². The number of benzene rings is 1. The lowest BCUT2D eigenvalue weighted by Crippen LogP contribution is -2.75. The smallest absolute Gasteiger partial charge is 0.246 e. The van der Waals surface area contributed by atoms with E-state index in [-0.39, 0.29) is 42.3 Å². The van der Waals surface area contributed by atoms with Gasteiger partial charge in [-0.2, -0.15) is 5.26 Å². The highest BCUT2D eigenvalue weighted by Crippen LogP contribution is 2.48. The molecule has 10 nitrogen and oxygen atoms in total. The van der Waals surface area contributed by atoms with Gasteiger partial charge in [-0.25, -0.2) is 0 Å². The summed E-state index contributed by atoms with van der Waals surface area (Å²) in [6.45, 7) is 7.67. The number of ether oxygens (including phenoxy) is 1. The van der Waals surface area contributed by atoms with Gasteiger partial charge in [0.15, 0.2) is 12.1 Å². The molecule has 1 aromatic carbocycles. The summed E-state index contributed by atoms with van der Waals surface area (Å²) in [7, 11) is 4.19. The first-order valence-electron chi connectivity index (χ1n) is 15.7. The number of nitrogens with one attached hydrogen (secondary N) is 2.